The number of ether oxygens (including phenoxy) is 1. The van der Waals surface area contributed by atoms with Crippen molar-refractivity contribution in [2.45, 2.75) is 67.3 Å². The first-order chi connectivity index (χ1) is 14.9. The first kappa shape index (κ1) is 28.6. The minimum absolute atomic E-state index is 0.0783. The van der Waals surface area contributed by atoms with Crippen LogP contribution in [0.5, 0.6) is 0 Å². The Morgan fingerprint density at radius 3 is 2.00 bits per heavy atom. The van der Waals surface area contributed by atoms with Crippen molar-refractivity contribution in [1.29, 1.82) is 0 Å². The molecule has 1 amide bonds. The molecule has 1 N–H and O–H groups in total. The van der Waals surface area contributed by atoms with Gasteiger partial charge in [-0.3, -0.25) is 9.08 Å². The summed E-state index contributed by atoms with van der Waals surface area (Å²) >= 11 is 0. The summed E-state index contributed by atoms with van der Waals surface area (Å²) in [6.45, 7) is 15.4. The van der Waals surface area contributed by atoms with E-state index in [1.54, 1.807) is 44.2 Å². The maximum absolute atomic E-state index is 13.1. The molecule has 0 aliphatic rings. The monoisotopic (exact) mass is 482 g/mol. The van der Waals surface area contributed by atoms with Crippen molar-refractivity contribution in [2.24, 2.45) is 21.9 Å². The maximum atomic E-state index is 13.1. The molecule has 1 atom stereocenters. The van der Waals surface area contributed by atoms with Gasteiger partial charge in [-0.25, -0.2) is 4.79 Å². The number of esters is 1. The van der Waals surface area contributed by atoms with Gasteiger partial charge in [0.05, 0.1) is 12.6 Å². The van der Waals surface area contributed by atoms with E-state index < -0.39 is 27.4 Å². The van der Waals surface area contributed by atoms with E-state index in [-0.39, 0.29) is 28.4 Å². The average Bonchev–Trinajstić information content (AvgIpc) is 2.63. The number of amides is 1. The number of hydrogen-bond acceptors (Lipinski definition) is 7. The first-order valence-corrected chi connectivity index (χ1v) is 12.4. The number of methoxy groups -OCH3 is 1. The number of rotatable bonds is 9. The molecule has 8 nitrogen and oxygen atoms in total. The minimum Gasteiger partial charge on any atom is -0.464 e. The van der Waals surface area contributed by atoms with E-state index >= 15 is 0 Å². The lowest BCUT2D eigenvalue weighted by Gasteiger charge is -2.37. The molecular weight excluding hydrogens is 444 g/mol. The molecular formula is C24H38N2O6S. The van der Waals surface area contributed by atoms with E-state index in [0.29, 0.717) is 12.0 Å². The van der Waals surface area contributed by atoms with E-state index in [0.717, 1.165) is 7.11 Å². The average molecular weight is 483 g/mol. The zero-order valence-electron chi connectivity index (χ0n) is 21.2. The smallest absolute Gasteiger partial charge is 0.360 e. The van der Waals surface area contributed by atoms with Gasteiger partial charge < -0.3 is 10.1 Å². The fourth-order valence-electron chi connectivity index (χ4n) is 3.32. The number of nitrogens with zero attached hydrogens (tertiary/aromatic N) is 1. The number of carbonyl (C=O) groups excluding carboxylic acids is 2. The lowest BCUT2D eigenvalue weighted by molar-refractivity contribution is -0.133. The molecule has 0 heterocycles. The molecule has 0 aliphatic carbocycles. The minimum atomic E-state index is -4.24. The Morgan fingerprint density at radius 1 is 1.00 bits per heavy atom. The molecule has 0 saturated heterocycles. The molecule has 1 aromatic carbocycles. The molecule has 0 aliphatic heterocycles. The van der Waals surface area contributed by atoms with Crippen LogP contribution in [0.1, 0.15) is 67.4 Å². The number of oxime groups is 1. The lowest BCUT2D eigenvalue weighted by atomic mass is 9.71. The zero-order valence-corrected chi connectivity index (χ0v) is 22.0. The number of benzene rings is 1. The highest BCUT2D eigenvalue weighted by molar-refractivity contribution is 7.86. The van der Waals surface area contributed by atoms with Gasteiger partial charge >= 0.3 is 16.1 Å². The van der Waals surface area contributed by atoms with E-state index in [4.69, 9.17) is 4.28 Å². The Bertz CT molecular complexity index is 955. The van der Waals surface area contributed by atoms with Gasteiger partial charge in [0.1, 0.15) is 5.75 Å². The van der Waals surface area contributed by atoms with Crippen LogP contribution in [0.15, 0.2) is 35.5 Å². The summed E-state index contributed by atoms with van der Waals surface area (Å²) in [7, 11) is -3.07. The summed E-state index contributed by atoms with van der Waals surface area (Å²) in [5.74, 6) is -1.91. The normalized spacial score (nSPS) is 14.4. The van der Waals surface area contributed by atoms with Crippen LogP contribution < -0.4 is 5.32 Å². The second kappa shape index (κ2) is 10.7. The van der Waals surface area contributed by atoms with E-state index in [1.807, 2.05) is 20.8 Å². The lowest BCUT2D eigenvalue weighted by Crippen LogP contribution is -2.52. The maximum Gasteiger partial charge on any atom is 0.360 e. The van der Waals surface area contributed by atoms with Crippen molar-refractivity contribution in [3.63, 3.8) is 0 Å². The zero-order chi connectivity index (χ0) is 25.7. The van der Waals surface area contributed by atoms with E-state index in [2.05, 4.69) is 36.0 Å². The van der Waals surface area contributed by atoms with Gasteiger partial charge in [-0.1, -0.05) is 77.0 Å². The van der Waals surface area contributed by atoms with Crippen LogP contribution in [0, 0.1) is 16.7 Å². The van der Waals surface area contributed by atoms with E-state index in [1.165, 1.54) is 0 Å². The van der Waals surface area contributed by atoms with Crippen LogP contribution in [0.2, 0.25) is 0 Å². The van der Waals surface area contributed by atoms with Gasteiger partial charge in [0.2, 0.25) is 5.91 Å². The van der Waals surface area contributed by atoms with Crippen LogP contribution in [0.25, 0.3) is 0 Å². The molecule has 0 bridgehead atoms. The highest BCUT2D eigenvalue weighted by Gasteiger charge is 2.38. The fourth-order valence-corrected chi connectivity index (χ4v) is 4.52. The molecule has 0 saturated carbocycles. The highest BCUT2D eigenvalue weighted by atomic mass is 32.2. The topological polar surface area (TPSA) is 111 Å². The van der Waals surface area contributed by atoms with Gasteiger partial charge in [0.25, 0.3) is 0 Å². The molecule has 0 spiro atoms. The molecule has 0 radical (unpaired) electrons. The number of carbonyl (C=O) groups is 2. The Kier molecular flexibility index (Phi) is 9.25. The fraction of sp³-hybridized carbons (Fsp3) is 0.625. The van der Waals surface area contributed by atoms with E-state index in [9.17, 15) is 18.0 Å². The molecule has 1 aromatic rings. The van der Waals surface area contributed by atoms with Gasteiger partial charge in [-0.05, 0) is 31.1 Å². The number of hydrogen-bond donors (Lipinski definition) is 1. The Balaban J connectivity index is 3.04. The van der Waals surface area contributed by atoms with Crippen LogP contribution in [-0.4, -0.2) is 44.4 Å². The van der Waals surface area contributed by atoms with Crippen LogP contribution in [0.3, 0.4) is 0 Å². The van der Waals surface area contributed by atoms with Crippen molar-refractivity contribution in [3.8, 4) is 0 Å². The van der Waals surface area contributed by atoms with Crippen LogP contribution in [0.4, 0.5) is 0 Å². The summed E-state index contributed by atoms with van der Waals surface area (Å²) in [6.07, 6.45) is 0.644. The van der Waals surface area contributed by atoms with Gasteiger partial charge in [-0.2, -0.15) is 8.42 Å². The van der Waals surface area contributed by atoms with Crippen molar-refractivity contribution in [3.05, 3.63) is 35.9 Å². The van der Waals surface area contributed by atoms with Crippen LogP contribution in [-0.2, 0) is 28.7 Å². The van der Waals surface area contributed by atoms with Crippen molar-refractivity contribution in [1.82, 2.24) is 5.32 Å². The van der Waals surface area contributed by atoms with Gasteiger partial charge in [0, 0.05) is 11.5 Å². The molecule has 0 aromatic heterocycles. The third-order valence-corrected chi connectivity index (χ3v) is 6.22. The summed E-state index contributed by atoms with van der Waals surface area (Å²) in [4.78, 5) is 25.2. The number of nitrogens with one attached hydrogen (secondary N) is 1. The van der Waals surface area contributed by atoms with Crippen molar-refractivity contribution in [2.75, 3.05) is 12.9 Å². The standard InChI is InChI=1S/C24H38N2O6S/c1-22(2,3)15-18(23(4,5)6)20(27)25-24(7,8)16-33(29,30)32-26-19(21(28)31-9)17-13-11-10-12-14-17/h10-14,18H,15-16H2,1-9H3,(H,25,27). The Morgan fingerprint density at radius 2 is 1.55 bits per heavy atom. The molecule has 186 valence electrons. The van der Waals surface area contributed by atoms with Crippen molar-refractivity contribution < 1.29 is 27.0 Å². The molecule has 1 rings (SSSR count). The SMILES string of the molecule is COC(=O)C(=NOS(=O)(=O)CC(C)(C)NC(=O)C(CC(C)(C)C)C(C)(C)C)c1ccccc1. The third kappa shape index (κ3) is 9.94. The summed E-state index contributed by atoms with van der Waals surface area (Å²) in [5.41, 5.74) is -1.45. The van der Waals surface area contributed by atoms with Crippen molar-refractivity contribution >= 4 is 27.7 Å². The Labute approximate surface area is 198 Å². The molecule has 33 heavy (non-hydrogen) atoms. The van der Waals surface area contributed by atoms with Crippen LogP contribution >= 0.6 is 0 Å². The molecule has 0 fully saturated rings. The quantitative estimate of drug-likeness (QED) is 0.325. The second-order valence-electron chi connectivity index (χ2n) is 11.1. The largest absolute Gasteiger partial charge is 0.464 e. The Hall–Kier alpha value is -2.42. The third-order valence-electron chi connectivity index (χ3n) is 4.85. The van der Waals surface area contributed by atoms with Gasteiger partial charge in [0.15, 0.2) is 5.71 Å². The molecule has 1 unspecified atom stereocenters. The summed E-state index contributed by atoms with van der Waals surface area (Å²) < 4.78 is 34.8. The van der Waals surface area contributed by atoms with Gasteiger partial charge in [-0.15, -0.1) is 0 Å². The second-order valence-corrected chi connectivity index (χ2v) is 12.7. The predicted molar refractivity (Wildman–Crippen MR) is 129 cm³/mol. The first-order valence-electron chi connectivity index (χ1n) is 10.8. The predicted octanol–water partition coefficient (Wildman–Crippen LogP) is 3.90. The molecule has 9 heteroatoms. The highest BCUT2D eigenvalue weighted by Crippen LogP contribution is 2.36. The summed E-state index contributed by atoms with van der Waals surface area (Å²) in [5, 5.41) is 6.42. The summed E-state index contributed by atoms with van der Waals surface area (Å²) in [6, 6.07) is 8.25.